The number of rotatable bonds is 19. The van der Waals surface area contributed by atoms with Crippen molar-refractivity contribution < 1.29 is 20.1 Å². The fourth-order valence-electron chi connectivity index (χ4n) is 3.13. The summed E-state index contributed by atoms with van der Waals surface area (Å²) in [4.78, 5) is 11.6. The van der Waals surface area contributed by atoms with Crippen molar-refractivity contribution in [1.82, 2.24) is 0 Å². The molecular weight excluding hydrogens is 339 g/mol. The Hall–Kier alpha value is 0.550. The third-order valence-electron chi connectivity index (χ3n) is 4.91. The quantitative estimate of drug-likeness (QED) is 0.232. The summed E-state index contributed by atoms with van der Waals surface area (Å²) in [6, 6.07) is 0. The van der Waals surface area contributed by atoms with Crippen LogP contribution in [0, 0.1) is 0 Å². The molecule has 3 N–H and O–H groups in total. The Balaban J connectivity index is 0. The van der Waals surface area contributed by atoms with Crippen molar-refractivity contribution in [2.24, 2.45) is 0 Å². The van der Waals surface area contributed by atoms with Gasteiger partial charge in [-0.3, -0.25) is 4.79 Å². The van der Waals surface area contributed by atoms with E-state index in [-0.39, 0.29) is 41.8 Å². The van der Waals surface area contributed by atoms with Crippen molar-refractivity contribution in [2.75, 3.05) is 6.61 Å². The predicted octanol–water partition coefficient (Wildman–Crippen LogP) is 4.15. The molecule has 2 unspecified atom stereocenters. The molecule has 0 fully saturated rings. The van der Waals surface area contributed by atoms with Gasteiger partial charge < -0.3 is 15.3 Å². The summed E-state index contributed by atoms with van der Waals surface area (Å²) in [5.41, 5.74) is 0. The predicted molar refractivity (Wildman–Crippen MR) is 109 cm³/mol. The molecule has 0 aromatic rings. The van der Waals surface area contributed by atoms with Crippen molar-refractivity contribution in [2.45, 2.75) is 122 Å². The van der Waals surface area contributed by atoms with Crippen molar-refractivity contribution in [3.8, 4) is 0 Å². The van der Waals surface area contributed by atoms with Gasteiger partial charge in [0.1, 0.15) is 12.2 Å². The Labute approximate surface area is 183 Å². The first-order valence-electron chi connectivity index (χ1n) is 10.6. The number of aliphatic hydroxyl groups excluding tert-OH is 3. The summed E-state index contributed by atoms with van der Waals surface area (Å²) in [5.74, 6) is -0.365. The van der Waals surface area contributed by atoms with Gasteiger partial charge in [0.15, 0.2) is 5.78 Å². The summed E-state index contributed by atoms with van der Waals surface area (Å²) in [6.45, 7) is 1.68. The van der Waals surface area contributed by atoms with Crippen LogP contribution in [0.5, 0.6) is 0 Å². The fraction of sp³-hybridized carbons (Fsp3) is 0.952. The smallest absolute Gasteiger partial charge is 0.164 e. The molecule has 4 nitrogen and oxygen atoms in total. The monoisotopic (exact) mass is 381 g/mol. The van der Waals surface area contributed by atoms with Gasteiger partial charge >= 0.3 is 0 Å². The topological polar surface area (TPSA) is 77.8 Å². The van der Waals surface area contributed by atoms with Crippen LogP contribution in [0.25, 0.3) is 0 Å². The van der Waals surface area contributed by atoms with Crippen LogP contribution < -0.4 is 0 Å². The first-order valence-corrected chi connectivity index (χ1v) is 10.6. The van der Waals surface area contributed by atoms with Gasteiger partial charge in [0, 0.05) is 36.0 Å². The molecular formula is C21H42NaO4. The molecule has 0 aliphatic rings. The van der Waals surface area contributed by atoms with Crippen LogP contribution in [0.15, 0.2) is 0 Å². The molecule has 151 valence electrons. The molecule has 2 atom stereocenters. The number of hydrogen-bond acceptors (Lipinski definition) is 4. The van der Waals surface area contributed by atoms with E-state index in [2.05, 4.69) is 6.92 Å². The van der Waals surface area contributed by atoms with E-state index < -0.39 is 18.8 Å². The Bertz CT molecular complexity index is 300. The molecule has 26 heavy (non-hydrogen) atoms. The van der Waals surface area contributed by atoms with Crippen LogP contribution in [0.2, 0.25) is 0 Å². The molecule has 0 amide bonds. The summed E-state index contributed by atoms with van der Waals surface area (Å²) in [6.07, 6.45) is 16.6. The second-order valence-corrected chi connectivity index (χ2v) is 7.36. The summed E-state index contributed by atoms with van der Waals surface area (Å²) in [5, 5.41) is 27.3. The van der Waals surface area contributed by atoms with Crippen LogP contribution in [0.1, 0.15) is 110 Å². The molecule has 0 saturated heterocycles. The van der Waals surface area contributed by atoms with Crippen molar-refractivity contribution in [3.05, 3.63) is 0 Å². The average Bonchev–Trinajstić information content (AvgIpc) is 2.63. The molecule has 0 aliphatic carbocycles. The van der Waals surface area contributed by atoms with E-state index in [1.165, 1.54) is 77.0 Å². The maximum Gasteiger partial charge on any atom is 0.164 e. The second kappa shape index (κ2) is 21.8. The van der Waals surface area contributed by atoms with Gasteiger partial charge in [-0.25, -0.2) is 0 Å². The van der Waals surface area contributed by atoms with E-state index in [4.69, 9.17) is 5.11 Å². The molecule has 0 aromatic carbocycles. The van der Waals surface area contributed by atoms with Crippen molar-refractivity contribution in [3.63, 3.8) is 0 Å². The Morgan fingerprint density at radius 2 is 1.04 bits per heavy atom. The van der Waals surface area contributed by atoms with Gasteiger partial charge in [0.05, 0.1) is 6.61 Å². The Kier molecular flexibility index (Phi) is 24.2. The van der Waals surface area contributed by atoms with Crippen LogP contribution in [0.4, 0.5) is 0 Å². The van der Waals surface area contributed by atoms with Gasteiger partial charge in [-0.2, -0.15) is 0 Å². The summed E-state index contributed by atoms with van der Waals surface area (Å²) < 4.78 is 0. The molecule has 0 heterocycles. The van der Waals surface area contributed by atoms with Gasteiger partial charge in [-0.15, -0.1) is 0 Å². The zero-order chi connectivity index (χ0) is 18.8. The summed E-state index contributed by atoms with van der Waals surface area (Å²) >= 11 is 0. The van der Waals surface area contributed by atoms with Crippen LogP contribution >= 0.6 is 0 Å². The van der Waals surface area contributed by atoms with E-state index in [1.54, 1.807) is 0 Å². The molecule has 0 aromatic heterocycles. The normalized spacial score (nSPS) is 13.2. The van der Waals surface area contributed by atoms with E-state index in [0.29, 0.717) is 0 Å². The SMILES string of the molecule is CCCCCCCCCCCCCCCCCC(=O)C(O)C(O)CO.[Na]. The van der Waals surface area contributed by atoms with E-state index >= 15 is 0 Å². The van der Waals surface area contributed by atoms with Gasteiger partial charge in [0.25, 0.3) is 0 Å². The van der Waals surface area contributed by atoms with Gasteiger partial charge in [-0.1, -0.05) is 96.8 Å². The zero-order valence-electron chi connectivity index (χ0n) is 17.4. The molecule has 0 aliphatic heterocycles. The number of ketones is 1. The first-order chi connectivity index (χ1) is 12.1. The molecule has 0 rings (SSSR count). The van der Waals surface area contributed by atoms with Crippen LogP contribution in [-0.4, -0.2) is 69.5 Å². The van der Waals surface area contributed by atoms with Gasteiger partial charge in [0.2, 0.25) is 0 Å². The molecule has 0 bridgehead atoms. The maximum absolute atomic E-state index is 11.6. The van der Waals surface area contributed by atoms with Crippen molar-refractivity contribution in [1.29, 1.82) is 0 Å². The number of unbranched alkanes of at least 4 members (excludes halogenated alkanes) is 14. The minimum atomic E-state index is -1.43. The zero-order valence-corrected chi connectivity index (χ0v) is 19.4. The second-order valence-electron chi connectivity index (χ2n) is 7.36. The maximum atomic E-state index is 11.6. The number of aliphatic hydroxyl groups is 3. The van der Waals surface area contributed by atoms with E-state index in [9.17, 15) is 15.0 Å². The Morgan fingerprint density at radius 3 is 1.38 bits per heavy atom. The minimum Gasteiger partial charge on any atom is -0.394 e. The Morgan fingerprint density at radius 1 is 0.692 bits per heavy atom. The standard InChI is InChI=1S/C21H42O4.Na/c1-2-3-4-5-6-7-8-9-10-11-12-13-14-15-16-17-19(23)21(25)20(24)18-22;/h20-22,24-25H,2-18H2,1H3;. The van der Waals surface area contributed by atoms with Crippen LogP contribution in [0.3, 0.4) is 0 Å². The first kappa shape index (κ1) is 28.8. The van der Waals surface area contributed by atoms with Crippen molar-refractivity contribution >= 4 is 35.3 Å². The number of carbonyl (C=O) groups is 1. The van der Waals surface area contributed by atoms with Crippen LogP contribution in [-0.2, 0) is 4.79 Å². The molecule has 0 spiro atoms. The molecule has 1 radical (unpaired) electrons. The molecule has 5 heteroatoms. The van der Waals surface area contributed by atoms with E-state index in [1.807, 2.05) is 0 Å². The third-order valence-corrected chi connectivity index (χ3v) is 4.91. The minimum absolute atomic E-state index is 0. The third kappa shape index (κ3) is 17.9. The average molecular weight is 382 g/mol. The number of carbonyl (C=O) groups excluding carboxylic acids is 1. The summed E-state index contributed by atoms with van der Waals surface area (Å²) in [7, 11) is 0. The fourth-order valence-corrected chi connectivity index (χ4v) is 3.13. The van der Waals surface area contributed by atoms with Gasteiger partial charge in [-0.05, 0) is 6.42 Å². The molecule has 0 saturated carbocycles. The largest absolute Gasteiger partial charge is 0.394 e. The number of hydrogen-bond donors (Lipinski definition) is 3. The van der Waals surface area contributed by atoms with E-state index in [0.717, 1.165) is 19.3 Å². The number of Topliss-reactive ketones (excluding diaryl/α,β-unsaturated/α-hetero) is 1.